The highest BCUT2D eigenvalue weighted by molar-refractivity contribution is 5.91. The van der Waals surface area contributed by atoms with Gasteiger partial charge < -0.3 is 4.74 Å². The number of hydrogen-bond acceptors (Lipinski definition) is 5. The maximum absolute atomic E-state index is 11.0. The molecule has 1 heterocycles. The molecule has 0 aliphatic heterocycles. The Balaban J connectivity index is 2.39. The zero-order valence-corrected chi connectivity index (χ0v) is 8.22. The van der Waals surface area contributed by atoms with Gasteiger partial charge in [-0.15, -0.1) is 11.7 Å². The quantitative estimate of drug-likeness (QED) is 0.209. The zero-order valence-electron chi connectivity index (χ0n) is 8.22. The molecule has 0 aromatic carbocycles. The second kappa shape index (κ2) is 5.89. The molecule has 0 aliphatic rings. The first-order valence-electron chi connectivity index (χ1n) is 4.37. The van der Waals surface area contributed by atoms with Crippen LogP contribution in [0.2, 0.25) is 0 Å². The topological polar surface area (TPSA) is 95.1 Å². The van der Waals surface area contributed by atoms with E-state index < -0.39 is 5.91 Å². The normalized spacial score (nSPS) is 9.93. The number of nitrogen functional groups attached to an aromatic ring is 1. The summed E-state index contributed by atoms with van der Waals surface area (Å²) in [6.45, 7) is 5.02. The summed E-state index contributed by atoms with van der Waals surface area (Å²) in [5.74, 6) is 4.48. The van der Waals surface area contributed by atoms with Gasteiger partial charge in [-0.25, -0.2) is 10.5 Å². The van der Waals surface area contributed by atoms with Gasteiger partial charge in [-0.2, -0.15) is 0 Å². The third kappa shape index (κ3) is 3.49. The molecule has 0 bridgehead atoms. The van der Waals surface area contributed by atoms with Gasteiger partial charge in [-0.3, -0.25) is 10.2 Å². The summed E-state index contributed by atoms with van der Waals surface area (Å²) < 4.78 is 6.66. The van der Waals surface area contributed by atoms with Crippen LogP contribution in [-0.2, 0) is 11.3 Å². The van der Waals surface area contributed by atoms with E-state index in [1.165, 1.54) is 10.9 Å². The molecule has 0 saturated carbocycles. The molecular weight excluding hydrogens is 198 g/mol. The Hall–Kier alpha value is -1.73. The predicted octanol–water partition coefficient (Wildman–Crippen LogP) is -0.916. The lowest BCUT2D eigenvalue weighted by Crippen LogP contribution is -2.30. The van der Waals surface area contributed by atoms with Crippen LogP contribution >= 0.6 is 0 Å². The van der Waals surface area contributed by atoms with Crippen LogP contribution < -0.4 is 11.3 Å². The van der Waals surface area contributed by atoms with E-state index in [0.29, 0.717) is 19.8 Å². The number of carbonyl (C=O) groups is 1. The van der Waals surface area contributed by atoms with Crippen molar-refractivity contribution in [3.63, 3.8) is 0 Å². The van der Waals surface area contributed by atoms with Crippen molar-refractivity contribution in [3.8, 4) is 0 Å². The second-order valence-corrected chi connectivity index (χ2v) is 2.70. The molecule has 0 fully saturated rings. The van der Waals surface area contributed by atoms with Crippen LogP contribution in [0, 0.1) is 0 Å². The Morgan fingerprint density at radius 3 is 3.27 bits per heavy atom. The van der Waals surface area contributed by atoms with Crippen LogP contribution in [0.4, 0.5) is 0 Å². The lowest BCUT2D eigenvalue weighted by molar-refractivity contribution is 0.0948. The summed E-state index contributed by atoms with van der Waals surface area (Å²) in [4.78, 5) is 11.0. The van der Waals surface area contributed by atoms with E-state index >= 15 is 0 Å². The lowest BCUT2D eigenvalue weighted by atomic mass is 10.4. The van der Waals surface area contributed by atoms with Crippen LogP contribution in [-0.4, -0.2) is 34.1 Å². The molecule has 7 heteroatoms. The SMILES string of the molecule is C=CCOCCn1cc(C(=O)NN)nn1. The summed E-state index contributed by atoms with van der Waals surface area (Å²) >= 11 is 0. The third-order valence-electron chi connectivity index (χ3n) is 1.60. The zero-order chi connectivity index (χ0) is 11.1. The second-order valence-electron chi connectivity index (χ2n) is 2.70. The number of aromatic nitrogens is 3. The van der Waals surface area contributed by atoms with Gasteiger partial charge in [0.1, 0.15) is 0 Å². The molecule has 15 heavy (non-hydrogen) atoms. The molecule has 0 atom stereocenters. The van der Waals surface area contributed by atoms with Crippen molar-refractivity contribution < 1.29 is 9.53 Å². The Kier molecular flexibility index (Phi) is 4.45. The molecule has 82 valence electrons. The predicted molar refractivity (Wildman–Crippen MR) is 52.7 cm³/mol. The number of ether oxygens (including phenoxy) is 1. The van der Waals surface area contributed by atoms with E-state index in [2.05, 4.69) is 16.9 Å². The molecule has 1 aromatic rings. The number of hydrogen-bond donors (Lipinski definition) is 2. The summed E-state index contributed by atoms with van der Waals surface area (Å²) in [7, 11) is 0. The van der Waals surface area contributed by atoms with Crippen LogP contribution in [0.5, 0.6) is 0 Å². The Morgan fingerprint density at radius 1 is 1.80 bits per heavy atom. The van der Waals surface area contributed by atoms with Gasteiger partial charge in [0.05, 0.1) is 26.0 Å². The molecule has 0 saturated heterocycles. The Morgan fingerprint density at radius 2 is 2.60 bits per heavy atom. The minimum atomic E-state index is -0.465. The molecule has 3 N–H and O–H groups in total. The highest BCUT2D eigenvalue weighted by atomic mass is 16.5. The van der Waals surface area contributed by atoms with Crippen molar-refractivity contribution >= 4 is 5.91 Å². The molecule has 1 rings (SSSR count). The van der Waals surface area contributed by atoms with Gasteiger partial charge in [0.2, 0.25) is 0 Å². The number of nitrogens with two attached hydrogens (primary N) is 1. The minimum Gasteiger partial charge on any atom is -0.375 e. The number of carbonyl (C=O) groups excluding carboxylic acids is 1. The number of nitrogens with zero attached hydrogens (tertiary/aromatic N) is 3. The molecule has 0 radical (unpaired) electrons. The molecule has 1 aromatic heterocycles. The maximum Gasteiger partial charge on any atom is 0.287 e. The van der Waals surface area contributed by atoms with Crippen molar-refractivity contribution in [2.24, 2.45) is 5.84 Å². The van der Waals surface area contributed by atoms with Crippen molar-refractivity contribution in [3.05, 3.63) is 24.5 Å². The van der Waals surface area contributed by atoms with Gasteiger partial charge in [0, 0.05) is 0 Å². The minimum absolute atomic E-state index is 0.182. The molecule has 0 aliphatic carbocycles. The van der Waals surface area contributed by atoms with Crippen molar-refractivity contribution in [2.75, 3.05) is 13.2 Å². The van der Waals surface area contributed by atoms with Crippen molar-refractivity contribution in [2.45, 2.75) is 6.54 Å². The van der Waals surface area contributed by atoms with Crippen LogP contribution in [0.3, 0.4) is 0 Å². The fourth-order valence-electron chi connectivity index (χ4n) is 0.910. The highest BCUT2D eigenvalue weighted by Crippen LogP contribution is 1.92. The molecule has 0 unspecified atom stereocenters. The smallest absolute Gasteiger partial charge is 0.287 e. The van der Waals surface area contributed by atoms with Crippen molar-refractivity contribution in [1.82, 2.24) is 20.4 Å². The summed E-state index contributed by atoms with van der Waals surface area (Å²) in [5, 5.41) is 7.36. The largest absolute Gasteiger partial charge is 0.375 e. The highest BCUT2D eigenvalue weighted by Gasteiger charge is 2.07. The van der Waals surface area contributed by atoms with Gasteiger partial charge >= 0.3 is 0 Å². The van der Waals surface area contributed by atoms with Gasteiger partial charge in [-0.1, -0.05) is 11.3 Å². The van der Waals surface area contributed by atoms with E-state index in [-0.39, 0.29) is 5.69 Å². The maximum atomic E-state index is 11.0. The summed E-state index contributed by atoms with van der Waals surface area (Å²) in [6, 6.07) is 0. The third-order valence-corrected chi connectivity index (χ3v) is 1.60. The van der Waals surface area contributed by atoms with E-state index in [4.69, 9.17) is 10.6 Å². The summed E-state index contributed by atoms with van der Waals surface area (Å²) in [5.41, 5.74) is 2.15. The molecule has 7 nitrogen and oxygen atoms in total. The van der Waals surface area contributed by atoms with E-state index in [1.54, 1.807) is 6.08 Å². The molecule has 1 amide bonds. The fraction of sp³-hybridized carbons (Fsp3) is 0.375. The van der Waals surface area contributed by atoms with E-state index in [0.717, 1.165) is 0 Å². The molecular formula is C8H13N5O2. The first-order chi connectivity index (χ1) is 7.27. The lowest BCUT2D eigenvalue weighted by Gasteiger charge is -1.99. The number of hydrazine groups is 1. The monoisotopic (exact) mass is 211 g/mol. The number of amides is 1. The van der Waals surface area contributed by atoms with Crippen LogP contribution in [0.15, 0.2) is 18.9 Å². The van der Waals surface area contributed by atoms with Crippen LogP contribution in [0.25, 0.3) is 0 Å². The van der Waals surface area contributed by atoms with Crippen molar-refractivity contribution in [1.29, 1.82) is 0 Å². The van der Waals surface area contributed by atoms with Gasteiger partial charge in [-0.05, 0) is 0 Å². The fourth-order valence-corrected chi connectivity index (χ4v) is 0.910. The molecule has 0 spiro atoms. The number of nitrogens with one attached hydrogen (secondary N) is 1. The summed E-state index contributed by atoms with van der Waals surface area (Å²) in [6.07, 6.45) is 3.16. The van der Waals surface area contributed by atoms with E-state index in [9.17, 15) is 4.79 Å². The Bertz CT molecular complexity index is 336. The standard InChI is InChI=1S/C8H13N5O2/c1-2-4-15-5-3-13-6-7(11-12-13)8(14)10-9/h2,6H,1,3-5,9H2,(H,10,14). The number of rotatable bonds is 6. The average Bonchev–Trinajstić information content (AvgIpc) is 2.72. The average molecular weight is 211 g/mol. The van der Waals surface area contributed by atoms with E-state index in [1.807, 2.05) is 5.43 Å². The first-order valence-corrected chi connectivity index (χ1v) is 4.37. The Labute approximate surface area is 86.9 Å². The first kappa shape index (κ1) is 11.3. The van der Waals surface area contributed by atoms with Crippen LogP contribution in [0.1, 0.15) is 10.5 Å². The van der Waals surface area contributed by atoms with Gasteiger partial charge in [0.15, 0.2) is 5.69 Å². The van der Waals surface area contributed by atoms with Gasteiger partial charge in [0.25, 0.3) is 5.91 Å².